The second-order valence-electron chi connectivity index (χ2n) is 6.17. The second kappa shape index (κ2) is 8.15. The molecule has 1 unspecified atom stereocenters. The molecular formula is C20H19ClN2O3. The van der Waals surface area contributed by atoms with Crippen molar-refractivity contribution in [3.05, 3.63) is 63.6 Å². The van der Waals surface area contributed by atoms with Crippen molar-refractivity contribution in [2.45, 2.75) is 13.3 Å². The van der Waals surface area contributed by atoms with Crippen molar-refractivity contribution in [2.75, 3.05) is 13.2 Å². The Morgan fingerprint density at radius 2 is 2.00 bits per heavy atom. The van der Waals surface area contributed by atoms with E-state index in [1.807, 2.05) is 31.2 Å². The first-order valence-electron chi connectivity index (χ1n) is 8.37. The van der Waals surface area contributed by atoms with E-state index in [9.17, 15) is 9.59 Å². The number of hydrogen-bond acceptors (Lipinski definition) is 3. The number of rotatable bonds is 6. The fourth-order valence-corrected chi connectivity index (χ4v) is 2.81. The van der Waals surface area contributed by atoms with E-state index in [1.165, 1.54) is 0 Å². The molecule has 2 aromatic rings. The molecule has 1 aliphatic rings. The molecule has 0 aromatic heterocycles. The molecule has 2 aromatic carbocycles. The summed E-state index contributed by atoms with van der Waals surface area (Å²) in [6.45, 7) is 2.26. The molecule has 5 nitrogen and oxygen atoms in total. The molecule has 3 rings (SSSR count). The summed E-state index contributed by atoms with van der Waals surface area (Å²) in [5.41, 5.74) is 1.07. The van der Waals surface area contributed by atoms with Gasteiger partial charge in [-0.3, -0.25) is 9.59 Å². The lowest BCUT2D eigenvalue weighted by molar-refractivity contribution is -0.124. The van der Waals surface area contributed by atoms with Gasteiger partial charge in [0.15, 0.2) is 6.61 Å². The first-order chi connectivity index (χ1) is 12.5. The fourth-order valence-electron chi connectivity index (χ4n) is 2.69. The number of carbonyl (C=O) groups excluding carboxylic acids is 2. The van der Waals surface area contributed by atoms with E-state index >= 15 is 0 Å². The van der Waals surface area contributed by atoms with Crippen molar-refractivity contribution in [2.24, 2.45) is 10.9 Å². The summed E-state index contributed by atoms with van der Waals surface area (Å²) in [5, 5.41) is 5.04. The van der Waals surface area contributed by atoms with Crippen molar-refractivity contribution in [1.82, 2.24) is 5.32 Å². The van der Waals surface area contributed by atoms with Crippen molar-refractivity contribution in [3.8, 4) is 5.75 Å². The van der Waals surface area contributed by atoms with Crippen LogP contribution in [-0.2, 0) is 9.59 Å². The molecule has 0 saturated carbocycles. The summed E-state index contributed by atoms with van der Waals surface area (Å²) < 4.78 is 5.38. The summed E-state index contributed by atoms with van der Waals surface area (Å²) in [6.07, 6.45) is 2.42. The topological polar surface area (TPSA) is 67.8 Å². The molecule has 134 valence electrons. The van der Waals surface area contributed by atoms with Crippen molar-refractivity contribution >= 4 is 29.5 Å². The molecule has 26 heavy (non-hydrogen) atoms. The number of fused-ring (bicyclic) bond motifs is 1. The molecule has 0 radical (unpaired) electrons. The number of halogens is 1. The Kier molecular flexibility index (Phi) is 5.68. The third kappa shape index (κ3) is 4.70. The maximum Gasteiger partial charge on any atom is 0.257 e. The van der Waals surface area contributed by atoms with Gasteiger partial charge >= 0.3 is 0 Å². The summed E-state index contributed by atoms with van der Waals surface area (Å²) >= 11 is 5.79. The predicted octanol–water partition coefficient (Wildman–Crippen LogP) is 1.79. The van der Waals surface area contributed by atoms with E-state index in [0.717, 1.165) is 10.8 Å². The number of ether oxygens (including phenoxy) is 1. The minimum atomic E-state index is -0.317. The van der Waals surface area contributed by atoms with Crippen molar-refractivity contribution < 1.29 is 14.3 Å². The molecular weight excluding hydrogens is 352 g/mol. The van der Waals surface area contributed by atoms with Crippen LogP contribution in [-0.4, -0.2) is 25.0 Å². The smallest absolute Gasteiger partial charge is 0.257 e. The van der Waals surface area contributed by atoms with Gasteiger partial charge < -0.3 is 10.1 Å². The van der Waals surface area contributed by atoms with Crippen LogP contribution < -0.4 is 20.6 Å². The lowest BCUT2D eigenvalue weighted by Gasteiger charge is -2.13. The Labute approximate surface area is 156 Å². The Morgan fingerprint density at radius 3 is 2.77 bits per heavy atom. The summed E-state index contributed by atoms with van der Waals surface area (Å²) in [6, 6.07) is 12.7. The van der Waals surface area contributed by atoms with Gasteiger partial charge in [0.25, 0.3) is 11.8 Å². The highest BCUT2D eigenvalue weighted by molar-refractivity contribution is 6.30. The molecule has 1 aliphatic heterocycles. The SMILES string of the molecule is Cc1ccc2c(c1)=NC(=O)C(CCNC(=O)COc1ccc(Cl)cc1)C=2. The van der Waals surface area contributed by atoms with Gasteiger partial charge in [0.1, 0.15) is 5.75 Å². The van der Waals surface area contributed by atoms with Gasteiger partial charge in [-0.1, -0.05) is 29.8 Å². The third-order valence-corrected chi connectivity index (χ3v) is 4.33. The lowest BCUT2D eigenvalue weighted by Crippen LogP contribution is -2.36. The van der Waals surface area contributed by atoms with E-state index in [0.29, 0.717) is 29.1 Å². The quantitative estimate of drug-likeness (QED) is 0.843. The van der Waals surface area contributed by atoms with E-state index in [4.69, 9.17) is 16.3 Å². The maximum absolute atomic E-state index is 12.1. The zero-order chi connectivity index (χ0) is 18.5. The van der Waals surface area contributed by atoms with Gasteiger partial charge in [-0.2, -0.15) is 0 Å². The molecule has 0 aliphatic carbocycles. The Balaban J connectivity index is 1.48. The van der Waals surface area contributed by atoms with Crippen LogP contribution in [0.4, 0.5) is 0 Å². The van der Waals surface area contributed by atoms with Gasteiger partial charge in [0, 0.05) is 11.6 Å². The Morgan fingerprint density at radius 1 is 1.23 bits per heavy atom. The van der Waals surface area contributed by atoms with Gasteiger partial charge in [0.05, 0.1) is 11.3 Å². The average molecular weight is 371 g/mol. The van der Waals surface area contributed by atoms with E-state index in [2.05, 4.69) is 10.3 Å². The summed E-state index contributed by atoms with van der Waals surface area (Å²) in [4.78, 5) is 28.1. The van der Waals surface area contributed by atoms with Gasteiger partial charge in [-0.05, 0) is 54.5 Å². The van der Waals surface area contributed by atoms with Crippen LogP contribution in [0.1, 0.15) is 12.0 Å². The number of benzene rings is 2. The summed E-state index contributed by atoms with van der Waals surface area (Å²) in [7, 11) is 0. The maximum atomic E-state index is 12.1. The van der Waals surface area contributed by atoms with Crippen LogP contribution in [0.25, 0.3) is 6.08 Å². The Bertz CT molecular complexity index is 939. The molecule has 6 heteroatoms. The standard InChI is InChI=1S/C20H19ClN2O3/c1-13-2-3-14-11-15(20(25)23-18(14)10-13)8-9-22-19(24)12-26-17-6-4-16(21)5-7-17/h2-7,10-11,15H,8-9,12H2,1H3,(H,22,24). The largest absolute Gasteiger partial charge is 0.484 e. The summed E-state index contributed by atoms with van der Waals surface area (Å²) in [5.74, 6) is -0.153. The minimum absolute atomic E-state index is 0.0869. The molecule has 0 bridgehead atoms. The van der Waals surface area contributed by atoms with Crippen LogP contribution in [0.2, 0.25) is 5.02 Å². The first-order valence-corrected chi connectivity index (χ1v) is 8.75. The molecule has 1 heterocycles. The zero-order valence-electron chi connectivity index (χ0n) is 14.4. The van der Waals surface area contributed by atoms with E-state index < -0.39 is 0 Å². The van der Waals surface area contributed by atoms with Gasteiger partial charge in [-0.15, -0.1) is 0 Å². The highest BCUT2D eigenvalue weighted by Gasteiger charge is 2.18. The minimum Gasteiger partial charge on any atom is -0.484 e. The normalized spacial score (nSPS) is 15.5. The first kappa shape index (κ1) is 18.1. The number of aryl methyl sites for hydroxylation is 1. The van der Waals surface area contributed by atoms with E-state index in [-0.39, 0.29) is 24.3 Å². The number of nitrogens with zero attached hydrogens (tertiary/aromatic N) is 1. The van der Waals surface area contributed by atoms with Crippen LogP contribution in [0.15, 0.2) is 47.5 Å². The highest BCUT2D eigenvalue weighted by atomic mass is 35.5. The molecule has 2 amide bonds. The van der Waals surface area contributed by atoms with Crippen molar-refractivity contribution in [3.63, 3.8) is 0 Å². The van der Waals surface area contributed by atoms with Crippen LogP contribution >= 0.6 is 11.6 Å². The number of nitrogens with one attached hydrogen (secondary N) is 1. The average Bonchev–Trinajstić information content (AvgIpc) is 2.62. The van der Waals surface area contributed by atoms with Crippen LogP contribution in [0, 0.1) is 12.8 Å². The van der Waals surface area contributed by atoms with Crippen LogP contribution in [0.5, 0.6) is 5.75 Å². The highest BCUT2D eigenvalue weighted by Crippen LogP contribution is 2.15. The molecule has 0 fully saturated rings. The number of carbonyl (C=O) groups is 2. The molecule has 1 atom stereocenters. The molecule has 0 saturated heterocycles. The second-order valence-corrected chi connectivity index (χ2v) is 6.60. The third-order valence-electron chi connectivity index (χ3n) is 4.08. The van der Waals surface area contributed by atoms with E-state index in [1.54, 1.807) is 24.3 Å². The zero-order valence-corrected chi connectivity index (χ0v) is 15.1. The number of hydrogen-bond donors (Lipinski definition) is 1. The predicted molar refractivity (Wildman–Crippen MR) is 99.5 cm³/mol. The van der Waals surface area contributed by atoms with Gasteiger partial charge in [-0.25, -0.2) is 4.99 Å². The van der Waals surface area contributed by atoms with Crippen LogP contribution in [0.3, 0.4) is 0 Å². The van der Waals surface area contributed by atoms with Gasteiger partial charge in [0.2, 0.25) is 0 Å². The molecule has 1 N–H and O–H groups in total. The fraction of sp³-hybridized carbons (Fsp3) is 0.250. The van der Waals surface area contributed by atoms with Crippen molar-refractivity contribution in [1.29, 1.82) is 0 Å². The monoisotopic (exact) mass is 370 g/mol. The molecule has 0 spiro atoms. The Hall–Kier alpha value is -2.66. The lowest BCUT2D eigenvalue weighted by atomic mass is 10.00. The number of amides is 2.